The van der Waals surface area contributed by atoms with Crippen LogP contribution in [0, 0.1) is 0 Å². The van der Waals surface area contributed by atoms with E-state index >= 15 is 0 Å². The van der Waals surface area contributed by atoms with E-state index in [0.29, 0.717) is 6.10 Å². The molecule has 44 heavy (non-hydrogen) atoms. The Morgan fingerprint density at radius 3 is 1.25 bits per heavy atom. The molecule has 2 nitrogen and oxygen atoms in total. The zero-order valence-electron chi connectivity index (χ0n) is 30.8. The second kappa shape index (κ2) is 38.3. The molecular weight excluding hydrogens is 534 g/mol. The van der Waals surface area contributed by atoms with Crippen LogP contribution < -0.4 is 0 Å². The van der Waals surface area contributed by atoms with Crippen LogP contribution in [0.3, 0.4) is 0 Å². The first-order valence-corrected chi connectivity index (χ1v) is 19.9. The predicted octanol–water partition coefficient (Wildman–Crippen LogP) is 14.0. The Labute approximate surface area is 279 Å². The number of allylic oxidation sites excluding steroid dienone is 6. The molecular formula is C42H81NO. The van der Waals surface area contributed by atoms with E-state index in [1.165, 1.54) is 173 Å². The summed E-state index contributed by atoms with van der Waals surface area (Å²) >= 11 is 0. The minimum Gasteiger partial charge on any atom is -0.378 e. The van der Waals surface area contributed by atoms with Gasteiger partial charge in [-0.1, -0.05) is 159 Å². The fourth-order valence-electron chi connectivity index (χ4n) is 5.92. The summed E-state index contributed by atoms with van der Waals surface area (Å²) < 4.78 is 6.39. The van der Waals surface area contributed by atoms with Gasteiger partial charge in [-0.2, -0.15) is 0 Å². The number of rotatable bonds is 36. The molecule has 0 aliphatic rings. The molecule has 0 aromatic carbocycles. The summed E-state index contributed by atoms with van der Waals surface area (Å²) in [5.41, 5.74) is 0. The minimum atomic E-state index is 0.486. The first kappa shape index (κ1) is 43.1. The molecule has 0 saturated carbocycles. The van der Waals surface area contributed by atoms with E-state index in [2.05, 4.69) is 69.3 Å². The lowest BCUT2D eigenvalue weighted by Crippen LogP contribution is -2.18. The second-order valence-corrected chi connectivity index (χ2v) is 13.7. The molecule has 0 fully saturated rings. The maximum absolute atomic E-state index is 6.39. The van der Waals surface area contributed by atoms with E-state index in [9.17, 15) is 0 Å². The number of hydrogen-bond acceptors (Lipinski definition) is 2. The van der Waals surface area contributed by atoms with E-state index in [0.717, 1.165) is 26.0 Å². The van der Waals surface area contributed by atoms with Crippen molar-refractivity contribution in [2.24, 2.45) is 0 Å². The molecule has 0 heterocycles. The lowest BCUT2D eigenvalue weighted by molar-refractivity contribution is 0.0342. The van der Waals surface area contributed by atoms with Crippen molar-refractivity contribution in [3.05, 3.63) is 36.5 Å². The summed E-state index contributed by atoms with van der Waals surface area (Å²) in [7, 11) is 4.32. The summed E-state index contributed by atoms with van der Waals surface area (Å²) in [6, 6.07) is 0. The molecule has 0 aliphatic heterocycles. The van der Waals surface area contributed by atoms with Crippen molar-refractivity contribution < 1.29 is 4.74 Å². The molecule has 0 saturated heterocycles. The number of nitrogens with zero attached hydrogens (tertiary/aromatic N) is 1. The SMILES string of the molecule is CCCCC/C=C/C/C=C/CCCCCCCCC(CCCCCCCC/C=C/CCCCCCCC)OCCCN(C)C. The van der Waals surface area contributed by atoms with Crippen LogP contribution in [-0.2, 0) is 4.74 Å². The van der Waals surface area contributed by atoms with Crippen molar-refractivity contribution in [1.29, 1.82) is 0 Å². The number of ether oxygens (including phenoxy) is 1. The van der Waals surface area contributed by atoms with E-state index in [1.54, 1.807) is 0 Å². The van der Waals surface area contributed by atoms with Gasteiger partial charge in [-0.15, -0.1) is 0 Å². The maximum Gasteiger partial charge on any atom is 0.0575 e. The molecule has 0 aromatic heterocycles. The Kier molecular flexibility index (Phi) is 37.6. The van der Waals surface area contributed by atoms with E-state index < -0.39 is 0 Å². The smallest absolute Gasteiger partial charge is 0.0575 e. The molecule has 1 atom stereocenters. The molecule has 0 rings (SSSR count). The van der Waals surface area contributed by atoms with Crippen LogP contribution in [0.2, 0.25) is 0 Å². The molecule has 0 aliphatic carbocycles. The highest BCUT2D eigenvalue weighted by molar-refractivity contribution is 4.92. The third-order valence-corrected chi connectivity index (χ3v) is 8.87. The van der Waals surface area contributed by atoms with E-state index in [1.807, 2.05) is 0 Å². The van der Waals surface area contributed by atoms with Gasteiger partial charge in [-0.25, -0.2) is 0 Å². The normalized spacial score (nSPS) is 13.0. The Hall–Kier alpha value is -0.860. The number of hydrogen-bond donors (Lipinski definition) is 0. The van der Waals surface area contributed by atoms with Gasteiger partial charge in [0.2, 0.25) is 0 Å². The predicted molar refractivity (Wildman–Crippen MR) is 201 cm³/mol. The lowest BCUT2D eigenvalue weighted by atomic mass is 10.0. The molecule has 2 heteroatoms. The van der Waals surface area contributed by atoms with Gasteiger partial charge in [0, 0.05) is 6.61 Å². The summed E-state index contributed by atoms with van der Waals surface area (Å²) in [5, 5.41) is 0. The quantitative estimate of drug-likeness (QED) is 0.0513. The minimum absolute atomic E-state index is 0.486. The van der Waals surface area contributed by atoms with Gasteiger partial charge in [0.15, 0.2) is 0 Å². The number of unbranched alkanes of at least 4 members (excludes halogenated alkanes) is 21. The maximum atomic E-state index is 6.39. The molecule has 0 radical (unpaired) electrons. The zero-order chi connectivity index (χ0) is 32.0. The van der Waals surface area contributed by atoms with Gasteiger partial charge in [-0.3, -0.25) is 0 Å². The average molecular weight is 616 g/mol. The Morgan fingerprint density at radius 2 is 0.795 bits per heavy atom. The van der Waals surface area contributed by atoms with Crippen molar-refractivity contribution in [2.75, 3.05) is 27.2 Å². The van der Waals surface area contributed by atoms with Gasteiger partial charge in [0.25, 0.3) is 0 Å². The lowest BCUT2D eigenvalue weighted by Gasteiger charge is -2.19. The van der Waals surface area contributed by atoms with Gasteiger partial charge in [0.05, 0.1) is 6.10 Å². The van der Waals surface area contributed by atoms with Crippen molar-refractivity contribution in [2.45, 2.75) is 206 Å². The van der Waals surface area contributed by atoms with Crippen molar-refractivity contribution in [3.8, 4) is 0 Å². The molecule has 0 aromatic rings. The molecule has 1 unspecified atom stereocenters. The van der Waals surface area contributed by atoms with Crippen LogP contribution in [0.25, 0.3) is 0 Å². The Morgan fingerprint density at radius 1 is 0.432 bits per heavy atom. The third kappa shape index (κ3) is 37.3. The fraction of sp³-hybridized carbons (Fsp3) is 0.857. The first-order chi connectivity index (χ1) is 21.7. The van der Waals surface area contributed by atoms with E-state index in [4.69, 9.17) is 4.74 Å². The van der Waals surface area contributed by atoms with Gasteiger partial charge in [0.1, 0.15) is 0 Å². The second-order valence-electron chi connectivity index (χ2n) is 13.7. The van der Waals surface area contributed by atoms with Crippen LogP contribution >= 0.6 is 0 Å². The largest absolute Gasteiger partial charge is 0.378 e. The van der Waals surface area contributed by atoms with Crippen molar-refractivity contribution in [3.63, 3.8) is 0 Å². The van der Waals surface area contributed by atoms with Gasteiger partial charge < -0.3 is 9.64 Å². The summed E-state index contributed by atoms with van der Waals surface area (Å²) in [5.74, 6) is 0. The third-order valence-electron chi connectivity index (χ3n) is 8.87. The molecule has 0 bridgehead atoms. The van der Waals surface area contributed by atoms with Crippen molar-refractivity contribution in [1.82, 2.24) is 4.90 Å². The molecule has 0 spiro atoms. The Balaban J connectivity index is 3.80. The van der Waals surface area contributed by atoms with Crippen LogP contribution in [0.1, 0.15) is 200 Å². The fourth-order valence-corrected chi connectivity index (χ4v) is 5.92. The van der Waals surface area contributed by atoms with Gasteiger partial charge in [-0.05, 0) is 97.7 Å². The van der Waals surface area contributed by atoms with Crippen LogP contribution in [0.5, 0.6) is 0 Å². The highest BCUT2D eigenvalue weighted by Crippen LogP contribution is 2.18. The summed E-state index contributed by atoms with van der Waals surface area (Å²) in [6.45, 7) is 6.63. The molecule has 260 valence electrons. The standard InChI is InChI=1S/C42H81NO/c1-5-7-9-11-13-15-17-19-21-23-25-27-29-31-33-35-38-42(44-41-37-40-43(3)4)39-36-34-32-30-28-26-24-22-20-18-16-14-12-10-8-6-2/h13,15,19-22,42H,5-12,14,16-18,23-41H2,1-4H3/b15-13+,21-19+,22-20+. The summed E-state index contributed by atoms with van der Waals surface area (Å²) in [6.07, 6.45) is 53.7. The monoisotopic (exact) mass is 616 g/mol. The highest BCUT2D eigenvalue weighted by atomic mass is 16.5. The van der Waals surface area contributed by atoms with Crippen molar-refractivity contribution >= 4 is 0 Å². The van der Waals surface area contributed by atoms with Crippen LogP contribution in [0.4, 0.5) is 0 Å². The summed E-state index contributed by atoms with van der Waals surface area (Å²) in [4.78, 5) is 2.27. The zero-order valence-corrected chi connectivity index (χ0v) is 30.8. The first-order valence-electron chi connectivity index (χ1n) is 19.9. The molecule has 0 amide bonds. The Bertz CT molecular complexity index is 607. The topological polar surface area (TPSA) is 12.5 Å². The van der Waals surface area contributed by atoms with Crippen LogP contribution in [-0.4, -0.2) is 38.3 Å². The molecule has 0 N–H and O–H groups in total. The highest BCUT2D eigenvalue weighted by Gasteiger charge is 2.09. The van der Waals surface area contributed by atoms with E-state index in [-0.39, 0.29) is 0 Å². The average Bonchev–Trinajstić information content (AvgIpc) is 3.02. The van der Waals surface area contributed by atoms with Crippen LogP contribution in [0.15, 0.2) is 36.5 Å². The van der Waals surface area contributed by atoms with Gasteiger partial charge >= 0.3 is 0 Å².